The van der Waals surface area contributed by atoms with E-state index in [2.05, 4.69) is 4.99 Å². The van der Waals surface area contributed by atoms with Crippen LogP contribution in [0.1, 0.15) is 23.1 Å². The molecule has 6 nitrogen and oxygen atoms in total. The van der Waals surface area contributed by atoms with Crippen LogP contribution < -0.4 is 10.9 Å². The molecular formula is C25H26N4O2S. The molecule has 3 aromatic carbocycles. The minimum Gasteiger partial charge on any atom is -0.477 e. The highest BCUT2D eigenvalue weighted by atomic mass is 32.2. The molecule has 0 saturated carbocycles. The normalized spacial score (nSPS) is 16.4. The molecule has 1 atom stereocenters. The van der Waals surface area contributed by atoms with Gasteiger partial charge in [0.1, 0.15) is 20.4 Å². The summed E-state index contributed by atoms with van der Waals surface area (Å²) in [5.41, 5.74) is 7.24. The van der Waals surface area contributed by atoms with E-state index in [0.29, 0.717) is 13.2 Å². The Bertz CT molecular complexity index is 1140. The molecule has 1 unspecified atom stereocenters. The van der Waals surface area contributed by atoms with Crippen molar-refractivity contribution < 1.29 is 8.95 Å². The van der Waals surface area contributed by atoms with Crippen molar-refractivity contribution in [2.75, 3.05) is 13.2 Å². The lowest BCUT2D eigenvalue weighted by atomic mass is 9.78. The topological polar surface area (TPSA) is 103 Å². The number of ether oxygens (including phenoxy) is 1. The molecule has 0 saturated heterocycles. The third-order valence-corrected chi connectivity index (χ3v) is 6.81. The number of rotatable bonds is 6. The Kier molecular flexibility index (Phi) is 6.39. The summed E-state index contributed by atoms with van der Waals surface area (Å²) in [4.78, 5) is 4.44. The number of nitrogens with two attached hydrogens (primary N) is 2. The molecule has 164 valence electrons. The van der Waals surface area contributed by atoms with Gasteiger partial charge in [-0.05, 0) is 16.7 Å². The fraction of sp³-hybridized carbons (Fsp3) is 0.160. The van der Waals surface area contributed by atoms with Crippen LogP contribution in [0.3, 0.4) is 0 Å². The number of hydrogen-bond acceptors (Lipinski definition) is 5. The van der Waals surface area contributed by atoms with E-state index in [1.807, 2.05) is 91.0 Å². The van der Waals surface area contributed by atoms with Crippen LogP contribution in [-0.4, -0.2) is 23.3 Å². The SMILES string of the molecule is NC=C(C1=NCCCO1)S(N)(=O)=NC(c1ccccc1)(c1ccccc1)c1ccccc1. The Morgan fingerprint density at radius 1 is 0.906 bits per heavy atom. The zero-order valence-corrected chi connectivity index (χ0v) is 18.4. The molecule has 0 radical (unpaired) electrons. The lowest BCUT2D eigenvalue weighted by molar-refractivity contribution is 0.284. The molecule has 0 fully saturated rings. The van der Waals surface area contributed by atoms with E-state index in [9.17, 15) is 4.21 Å². The van der Waals surface area contributed by atoms with E-state index >= 15 is 0 Å². The predicted molar refractivity (Wildman–Crippen MR) is 129 cm³/mol. The maximum Gasteiger partial charge on any atom is 0.229 e. The first-order chi connectivity index (χ1) is 15.6. The molecule has 0 aromatic heterocycles. The van der Waals surface area contributed by atoms with Crippen LogP contribution in [0.25, 0.3) is 0 Å². The van der Waals surface area contributed by atoms with Crippen LogP contribution in [0.15, 0.2) is 111 Å². The molecule has 4 rings (SSSR count). The minimum atomic E-state index is -3.52. The van der Waals surface area contributed by atoms with Crippen molar-refractivity contribution in [3.05, 3.63) is 119 Å². The molecule has 7 heteroatoms. The Labute approximate surface area is 189 Å². The summed E-state index contributed by atoms with van der Waals surface area (Å²) in [5.74, 6) is 0.193. The average molecular weight is 447 g/mol. The summed E-state index contributed by atoms with van der Waals surface area (Å²) in [6.07, 6.45) is 1.98. The number of aliphatic imine (C=N–C) groups is 1. The Balaban J connectivity index is 2.06. The van der Waals surface area contributed by atoms with Gasteiger partial charge in [-0.25, -0.2) is 9.35 Å². The fourth-order valence-electron chi connectivity index (χ4n) is 3.85. The average Bonchev–Trinajstić information content (AvgIpc) is 2.85. The summed E-state index contributed by atoms with van der Waals surface area (Å²) in [5, 5.41) is 6.45. The van der Waals surface area contributed by atoms with Crippen LogP contribution in [0.2, 0.25) is 0 Å². The van der Waals surface area contributed by atoms with E-state index in [1.165, 1.54) is 6.20 Å². The van der Waals surface area contributed by atoms with Gasteiger partial charge in [-0.1, -0.05) is 91.0 Å². The van der Waals surface area contributed by atoms with Crippen LogP contribution in [-0.2, 0) is 20.2 Å². The molecule has 1 aliphatic heterocycles. The van der Waals surface area contributed by atoms with Crippen molar-refractivity contribution >= 4 is 15.8 Å². The quantitative estimate of drug-likeness (QED) is 0.561. The maximum atomic E-state index is 14.1. The highest BCUT2D eigenvalue weighted by Gasteiger charge is 2.39. The van der Waals surface area contributed by atoms with Gasteiger partial charge in [-0.3, -0.25) is 4.99 Å². The number of nitrogens with zero attached hydrogens (tertiary/aromatic N) is 2. The highest BCUT2D eigenvalue weighted by molar-refractivity contribution is 7.96. The summed E-state index contributed by atoms with van der Waals surface area (Å²) in [6, 6.07) is 29.1. The van der Waals surface area contributed by atoms with Gasteiger partial charge in [-0.15, -0.1) is 0 Å². The van der Waals surface area contributed by atoms with E-state index in [-0.39, 0.29) is 10.8 Å². The van der Waals surface area contributed by atoms with E-state index in [0.717, 1.165) is 23.1 Å². The molecule has 0 bridgehead atoms. The summed E-state index contributed by atoms with van der Waals surface area (Å²) >= 11 is 0. The second kappa shape index (κ2) is 9.38. The third kappa shape index (κ3) is 4.17. The van der Waals surface area contributed by atoms with Crippen LogP contribution in [0.5, 0.6) is 0 Å². The molecule has 0 aliphatic carbocycles. The van der Waals surface area contributed by atoms with E-state index < -0.39 is 15.5 Å². The second-order valence-electron chi connectivity index (χ2n) is 7.39. The van der Waals surface area contributed by atoms with Gasteiger partial charge in [0.05, 0.1) is 6.61 Å². The smallest absolute Gasteiger partial charge is 0.229 e. The Morgan fingerprint density at radius 3 is 1.75 bits per heavy atom. The summed E-state index contributed by atoms with van der Waals surface area (Å²) in [6.45, 7) is 1.02. The highest BCUT2D eigenvalue weighted by Crippen LogP contribution is 2.42. The van der Waals surface area contributed by atoms with Crippen molar-refractivity contribution in [1.29, 1.82) is 0 Å². The largest absolute Gasteiger partial charge is 0.477 e. The third-order valence-electron chi connectivity index (χ3n) is 5.32. The molecule has 1 heterocycles. The van der Waals surface area contributed by atoms with Crippen molar-refractivity contribution in [3.63, 3.8) is 0 Å². The number of benzene rings is 3. The Hall–Kier alpha value is -3.42. The van der Waals surface area contributed by atoms with Gasteiger partial charge in [0.25, 0.3) is 0 Å². The maximum absolute atomic E-state index is 14.1. The van der Waals surface area contributed by atoms with Crippen molar-refractivity contribution in [3.8, 4) is 0 Å². The monoisotopic (exact) mass is 446 g/mol. The molecule has 32 heavy (non-hydrogen) atoms. The lowest BCUT2D eigenvalue weighted by Crippen LogP contribution is -2.33. The second-order valence-corrected chi connectivity index (χ2v) is 9.15. The molecule has 1 aliphatic rings. The van der Waals surface area contributed by atoms with Crippen LogP contribution in [0.4, 0.5) is 0 Å². The molecule has 0 spiro atoms. The summed E-state index contributed by atoms with van der Waals surface area (Å²) in [7, 11) is -3.52. The Morgan fingerprint density at radius 2 is 1.38 bits per heavy atom. The van der Waals surface area contributed by atoms with E-state index in [4.69, 9.17) is 20.0 Å². The summed E-state index contributed by atoms with van der Waals surface area (Å²) < 4.78 is 24.6. The van der Waals surface area contributed by atoms with E-state index in [1.54, 1.807) is 0 Å². The first-order valence-electron chi connectivity index (χ1n) is 10.4. The van der Waals surface area contributed by atoms with Gasteiger partial charge in [0.15, 0.2) is 0 Å². The van der Waals surface area contributed by atoms with Crippen molar-refractivity contribution in [1.82, 2.24) is 0 Å². The predicted octanol–water partition coefficient (Wildman–Crippen LogP) is 3.94. The fourth-order valence-corrected chi connectivity index (χ4v) is 5.24. The standard InChI is InChI=1S/C25H26N4O2S/c26-19-23(24-28-17-10-18-31-24)32(27,30)29-25(20-11-4-1-5-12-20,21-13-6-2-7-14-21)22-15-8-3-9-16-22/h1-9,11-16,19H,10,17-18,26H2,(H2,27,29,30). The molecular weight excluding hydrogens is 420 g/mol. The van der Waals surface area contributed by atoms with Crippen molar-refractivity contribution in [2.45, 2.75) is 12.0 Å². The van der Waals surface area contributed by atoms with Gasteiger partial charge in [0.2, 0.25) is 5.90 Å². The zero-order valence-electron chi connectivity index (χ0n) is 17.6. The lowest BCUT2D eigenvalue weighted by Gasteiger charge is -2.32. The first kappa shape index (κ1) is 21.8. The molecule has 3 aromatic rings. The van der Waals surface area contributed by atoms with Crippen LogP contribution in [0, 0.1) is 0 Å². The van der Waals surface area contributed by atoms with Gasteiger partial charge < -0.3 is 10.5 Å². The first-order valence-corrected chi connectivity index (χ1v) is 12.0. The molecule has 0 amide bonds. The van der Waals surface area contributed by atoms with Gasteiger partial charge >= 0.3 is 0 Å². The van der Waals surface area contributed by atoms with Gasteiger partial charge in [0, 0.05) is 19.2 Å². The zero-order chi connectivity index (χ0) is 22.4. The minimum absolute atomic E-state index is 0.101. The number of hydrogen-bond donors (Lipinski definition) is 2. The van der Waals surface area contributed by atoms with Crippen molar-refractivity contribution in [2.24, 2.45) is 20.2 Å². The van der Waals surface area contributed by atoms with Crippen LogP contribution >= 0.6 is 0 Å². The van der Waals surface area contributed by atoms with Gasteiger partial charge in [-0.2, -0.15) is 4.36 Å². The molecule has 4 N–H and O–H groups in total.